The van der Waals surface area contributed by atoms with E-state index in [1.165, 1.54) is 0 Å². The van der Waals surface area contributed by atoms with Gasteiger partial charge in [0, 0.05) is 23.4 Å². The number of ketones is 1. The predicted octanol–water partition coefficient (Wildman–Crippen LogP) is 3.65. The molecule has 0 aliphatic carbocycles. The largest absolute Gasteiger partial charge is 0.497 e. The van der Waals surface area contributed by atoms with Gasteiger partial charge in [0.2, 0.25) is 0 Å². The highest BCUT2D eigenvalue weighted by atomic mass is 16.5. The molecule has 120 valence electrons. The lowest BCUT2D eigenvalue weighted by atomic mass is 10.0. The second-order valence-electron chi connectivity index (χ2n) is 5.17. The van der Waals surface area contributed by atoms with Crippen molar-refractivity contribution in [3.63, 3.8) is 0 Å². The van der Waals surface area contributed by atoms with E-state index in [9.17, 15) is 4.79 Å². The van der Waals surface area contributed by atoms with Gasteiger partial charge in [0.25, 0.3) is 0 Å². The van der Waals surface area contributed by atoms with Crippen LogP contribution in [-0.4, -0.2) is 17.9 Å². The first kappa shape index (κ1) is 15.6. The number of rotatable bonds is 5. The second-order valence-corrected chi connectivity index (χ2v) is 5.17. The Balaban J connectivity index is 2.03. The molecule has 2 aromatic carbocycles. The lowest BCUT2D eigenvalue weighted by Gasteiger charge is -2.13. The van der Waals surface area contributed by atoms with Crippen molar-refractivity contribution in [1.29, 1.82) is 0 Å². The van der Waals surface area contributed by atoms with Crippen molar-refractivity contribution in [3.05, 3.63) is 78.0 Å². The molecule has 0 saturated heterocycles. The first-order chi connectivity index (χ1) is 11.7. The normalized spacial score (nSPS) is 10.2. The molecule has 0 aliphatic rings. The Morgan fingerprint density at radius 3 is 2.58 bits per heavy atom. The minimum absolute atomic E-state index is 0.0877. The number of hydrogen-bond acceptors (Lipinski definition) is 5. The van der Waals surface area contributed by atoms with Crippen LogP contribution >= 0.6 is 0 Å². The Kier molecular flexibility index (Phi) is 4.43. The highest BCUT2D eigenvalue weighted by Gasteiger charge is 2.15. The number of carbonyl (C=O) groups excluding carboxylic acids is 1. The lowest BCUT2D eigenvalue weighted by molar-refractivity contribution is 0.103. The van der Waals surface area contributed by atoms with Crippen molar-refractivity contribution >= 4 is 23.0 Å². The minimum Gasteiger partial charge on any atom is -0.497 e. The summed E-state index contributed by atoms with van der Waals surface area (Å²) >= 11 is 0. The zero-order valence-corrected chi connectivity index (χ0v) is 13.2. The van der Waals surface area contributed by atoms with Gasteiger partial charge in [-0.25, -0.2) is 4.98 Å². The smallest absolute Gasteiger partial charge is 0.195 e. The van der Waals surface area contributed by atoms with Gasteiger partial charge in [-0.1, -0.05) is 30.3 Å². The summed E-state index contributed by atoms with van der Waals surface area (Å²) in [6.07, 6.45) is 1.64. The van der Waals surface area contributed by atoms with Crippen molar-refractivity contribution in [2.45, 2.75) is 0 Å². The van der Waals surface area contributed by atoms with E-state index >= 15 is 0 Å². The number of nitrogen functional groups attached to an aromatic ring is 1. The molecule has 0 fully saturated rings. The molecule has 0 spiro atoms. The molecule has 0 aliphatic heterocycles. The molecular weight excluding hydrogens is 302 g/mol. The third-order valence-electron chi connectivity index (χ3n) is 3.60. The monoisotopic (exact) mass is 319 g/mol. The third-order valence-corrected chi connectivity index (χ3v) is 3.60. The average Bonchev–Trinajstić information content (AvgIpc) is 2.63. The number of aromatic nitrogens is 1. The van der Waals surface area contributed by atoms with Crippen LogP contribution in [-0.2, 0) is 0 Å². The van der Waals surface area contributed by atoms with Crippen LogP contribution in [0.2, 0.25) is 0 Å². The molecule has 0 saturated carbocycles. The number of anilines is 3. The maximum Gasteiger partial charge on any atom is 0.195 e. The summed E-state index contributed by atoms with van der Waals surface area (Å²) in [6, 6.07) is 17.8. The van der Waals surface area contributed by atoms with Gasteiger partial charge in [0.15, 0.2) is 11.6 Å². The third kappa shape index (κ3) is 3.20. The van der Waals surface area contributed by atoms with Gasteiger partial charge in [-0.3, -0.25) is 4.79 Å². The summed E-state index contributed by atoms with van der Waals surface area (Å²) in [6.45, 7) is 0. The van der Waals surface area contributed by atoms with Crippen LogP contribution in [0.1, 0.15) is 15.9 Å². The summed E-state index contributed by atoms with van der Waals surface area (Å²) in [5.74, 6) is 1.04. The van der Waals surface area contributed by atoms with Crippen LogP contribution in [0.3, 0.4) is 0 Å². The molecule has 5 nitrogen and oxygen atoms in total. The van der Waals surface area contributed by atoms with E-state index in [0.29, 0.717) is 34.1 Å². The fourth-order valence-corrected chi connectivity index (χ4v) is 2.35. The van der Waals surface area contributed by atoms with Crippen LogP contribution in [0.15, 0.2) is 66.9 Å². The molecule has 0 unspecified atom stereocenters. The van der Waals surface area contributed by atoms with E-state index in [1.54, 1.807) is 55.8 Å². The predicted molar refractivity (Wildman–Crippen MR) is 94.8 cm³/mol. The van der Waals surface area contributed by atoms with Gasteiger partial charge >= 0.3 is 0 Å². The number of nitrogens with zero attached hydrogens (tertiary/aromatic N) is 1. The summed E-state index contributed by atoms with van der Waals surface area (Å²) in [5, 5.41) is 3.13. The van der Waals surface area contributed by atoms with Gasteiger partial charge in [-0.2, -0.15) is 0 Å². The maximum absolute atomic E-state index is 12.8. The standard InChI is InChI=1S/C19H17N3O2/c1-24-14-9-10-15(18(23)13-6-3-2-4-7-13)17(12-14)22-19-16(20)8-5-11-21-19/h2-12H,20H2,1H3,(H,21,22). The molecule has 0 bridgehead atoms. The average molecular weight is 319 g/mol. The number of nitrogens with one attached hydrogen (secondary N) is 1. The maximum atomic E-state index is 12.8. The molecule has 0 radical (unpaired) electrons. The minimum atomic E-state index is -0.0877. The number of benzene rings is 2. The molecule has 3 N–H and O–H groups in total. The zero-order chi connectivity index (χ0) is 16.9. The number of methoxy groups -OCH3 is 1. The molecule has 1 aromatic heterocycles. The topological polar surface area (TPSA) is 77.2 Å². The molecule has 3 rings (SSSR count). The Morgan fingerprint density at radius 2 is 1.88 bits per heavy atom. The highest BCUT2D eigenvalue weighted by Crippen LogP contribution is 2.29. The van der Waals surface area contributed by atoms with Crippen molar-refractivity contribution in [1.82, 2.24) is 4.98 Å². The second kappa shape index (κ2) is 6.83. The number of hydrogen-bond donors (Lipinski definition) is 2. The number of nitrogens with two attached hydrogens (primary N) is 1. The van der Waals surface area contributed by atoms with E-state index in [0.717, 1.165) is 0 Å². The molecule has 5 heteroatoms. The molecular formula is C19H17N3O2. The van der Waals surface area contributed by atoms with Crippen molar-refractivity contribution in [2.24, 2.45) is 0 Å². The van der Waals surface area contributed by atoms with E-state index in [4.69, 9.17) is 10.5 Å². The fraction of sp³-hybridized carbons (Fsp3) is 0.0526. The summed E-state index contributed by atoms with van der Waals surface area (Å²) < 4.78 is 5.26. The summed E-state index contributed by atoms with van der Waals surface area (Å²) in [4.78, 5) is 17.0. The lowest BCUT2D eigenvalue weighted by Crippen LogP contribution is -2.07. The highest BCUT2D eigenvalue weighted by molar-refractivity contribution is 6.12. The molecule has 3 aromatic rings. The Hall–Kier alpha value is -3.34. The number of pyridine rings is 1. The molecule has 0 amide bonds. The van der Waals surface area contributed by atoms with Gasteiger partial charge in [-0.15, -0.1) is 0 Å². The van der Waals surface area contributed by atoms with E-state index in [1.807, 2.05) is 18.2 Å². The van der Waals surface area contributed by atoms with Crippen LogP contribution in [0.5, 0.6) is 5.75 Å². The SMILES string of the molecule is COc1ccc(C(=O)c2ccccc2)c(Nc2ncccc2N)c1. The van der Waals surface area contributed by atoms with Crippen molar-refractivity contribution in [2.75, 3.05) is 18.2 Å². The van der Waals surface area contributed by atoms with E-state index < -0.39 is 0 Å². The number of ether oxygens (including phenoxy) is 1. The Labute approximate surface area is 140 Å². The summed E-state index contributed by atoms with van der Waals surface area (Å²) in [5.41, 5.74) is 8.16. The van der Waals surface area contributed by atoms with Gasteiger partial charge < -0.3 is 15.8 Å². The molecule has 1 heterocycles. The quantitative estimate of drug-likeness (QED) is 0.702. The van der Waals surface area contributed by atoms with Crippen LogP contribution in [0.25, 0.3) is 0 Å². The summed E-state index contributed by atoms with van der Waals surface area (Å²) in [7, 11) is 1.58. The van der Waals surface area contributed by atoms with Crippen LogP contribution < -0.4 is 15.8 Å². The van der Waals surface area contributed by atoms with Crippen molar-refractivity contribution in [3.8, 4) is 5.75 Å². The van der Waals surface area contributed by atoms with E-state index in [2.05, 4.69) is 10.3 Å². The van der Waals surface area contributed by atoms with Gasteiger partial charge in [0.1, 0.15) is 5.75 Å². The van der Waals surface area contributed by atoms with Crippen molar-refractivity contribution < 1.29 is 9.53 Å². The van der Waals surface area contributed by atoms with Gasteiger partial charge in [0.05, 0.1) is 18.5 Å². The fourth-order valence-electron chi connectivity index (χ4n) is 2.35. The molecule has 24 heavy (non-hydrogen) atoms. The molecule has 0 atom stereocenters. The van der Waals surface area contributed by atoms with Gasteiger partial charge in [-0.05, 0) is 24.3 Å². The Bertz CT molecular complexity index is 863. The van der Waals surface area contributed by atoms with E-state index in [-0.39, 0.29) is 5.78 Å². The Morgan fingerprint density at radius 1 is 1.08 bits per heavy atom. The van der Waals surface area contributed by atoms with Crippen LogP contribution in [0.4, 0.5) is 17.2 Å². The zero-order valence-electron chi connectivity index (χ0n) is 13.2. The first-order valence-electron chi connectivity index (χ1n) is 7.44. The first-order valence-corrected chi connectivity index (χ1v) is 7.44. The van der Waals surface area contributed by atoms with Crippen LogP contribution in [0, 0.1) is 0 Å². The number of carbonyl (C=O) groups is 1.